The van der Waals surface area contributed by atoms with Crippen molar-refractivity contribution >= 4 is 31.9 Å². The van der Waals surface area contributed by atoms with Crippen molar-refractivity contribution in [2.75, 3.05) is 0 Å². The SMILES string of the molecule is C#C.C=C/C=C\C.Cc1cc(Cc2ccc(C#N)cc2)c(Br)cc1Br. The molecule has 0 atom stereocenters. The van der Waals surface area contributed by atoms with E-state index in [1.165, 1.54) is 16.7 Å². The highest BCUT2D eigenvalue weighted by atomic mass is 79.9. The molecule has 2 aromatic carbocycles. The Morgan fingerprint density at radius 2 is 1.72 bits per heavy atom. The lowest BCUT2D eigenvalue weighted by Gasteiger charge is -2.08. The quantitative estimate of drug-likeness (QED) is 0.359. The maximum absolute atomic E-state index is 8.77. The van der Waals surface area contributed by atoms with Gasteiger partial charge in [0.1, 0.15) is 0 Å². The van der Waals surface area contributed by atoms with Gasteiger partial charge in [-0.05, 0) is 55.2 Å². The predicted molar refractivity (Wildman–Crippen MR) is 115 cm³/mol. The summed E-state index contributed by atoms with van der Waals surface area (Å²) in [7, 11) is 0. The molecule has 0 saturated carbocycles. The number of benzene rings is 2. The van der Waals surface area contributed by atoms with Crippen LogP contribution in [0.25, 0.3) is 0 Å². The summed E-state index contributed by atoms with van der Waals surface area (Å²) < 4.78 is 2.21. The van der Waals surface area contributed by atoms with Crippen molar-refractivity contribution in [3.05, 3.63) is 92.4 Å². The maximum Gasteiger partial charge on any atom is 0.0991 e. The molecule has 0 aromatic heterocycles. The van der Waals surface area contributed by atoms with Gasteiger partial charge in [0, 0.05) is 8.95 Å². The van der Waals surface area contributed by atoms with E-state index in [0.717, 1.165) is 15.4 Å². The second-order valence-corrected chi connectivity index (χ2v) is 6.65. The maximum atomic E-state index is 8.77. The molecule has 2 rings (SSSR count). The fourth-order valence-corrected chi connectivity index (χ4v) is 3.04. The molecule has 0 N–H and O–H groups in total. The van der Waals surface area contributed by atoms with Gasteiger partial charge in [-0.2, -0.15) is 5.26 Å². The highest BCUT2D eigenvalue weighted by molar-refractivity contribution is 9.11. The molecule has 25 heavy (non-hydrogen) atoms. The molecule has 0 aliphatic heterocycles. The first-order chi connectivity index (χ1) is 12.0. The summed E-state index contributed by atoms with van der Waals surface area (Å²) in [6, 6.07) is 14.1. The largest absolute Gasteiger partial charge is 0.192 e. The summed E-state index contributed by atoms with van der Waals surface area (Å²) >= 11 is 7.10. The van der Waals surface area contributed by atoms with Gasteiger partial charge in [-0.3, -0.25) is 0 Å². The molecule has 0 aliphatic rings. The molecular formula is C22H21Br2N. The number of nitrogens with zero attached hydrogens (tertiary/aromatic N) is 1. The van der Waals surface area contributed by atoms with Crippen LogP contribution in [0.4, 0.5) is 0 Å². The first-order valence-electron chi connectivity index (χ1n) is 7.52. The first-order valence-corrected chi connectivity index (χ1v) is 9.11. The molecule has 2 aromatic rings. The third kappa shape index (κ3) is 8.54. The van der Waals surface area contributed by atoms with Crippen molar-refractivity contribution in [3.8, 4) is 18.9 Å². The summed E-state index contributed by atoms with van der Waals surface area (Å²) in [6.45, 7) is 7.51. The van der Waals surface area contributed by atoms with Crippen molar-refractivity contribution < 1.29 is 0 Å². The third-order valence-electron chi connectivity index (χ3n) is 3.13. The minimum absolute atomic E-state index is 0.699. The number of aryl methyl sites for hydroxylation is 1. The summed E-state index contributed by atoms with van der Waals surface area (Å²) in [5, 5.41) is 8.77. The Hall–Kier alpha value is -2.07. The second-order valence-electron chi connectivity index (χ2n) is 4.94. The molecule has 128 valence electrons. The van der Waals surface area contributed by atoms with Gasteiger partial charge in [-0.1, -0.05) is 74.9 Å². The Morgan fingerprint density at radius 1 is 1.12 bits per heavy atom. The number of rotatable bonds is 3. The van der Waals surface area contributed by atoms with Crippen LogP contribution >= 0.6 is 31.9 Å². The van der Waals surface area contributed by atoms with Crippen LogP contribution in [0.1, 0.15) is 29.2 Å². The Balaban J connectivity index is 0.000000710. The van der Waals surface area contributed by atoms with Crippen molar-refractivity contribution in [1.29, 1.82) is 5.26 Å². The molecule has 0 aliphatic carbocycles. The van der Waals surface area contributed by atoms with Gasteiger partial charge in [0.15, 0.2) is 0 Å². The molecule has 0 radical (unpaired) electrons. The fraction of sp³-hybridized carbons (Fsp3) is 0.136. The second kappa shape index (κ2) is 13.2. The molecule has 0 heterocycles. The number of allylic oxidation sites excluding steroid dienone is 3. The lowest BCUT2D eigenvalue weighted by atomic mass is 10.0. The van der Waals surface area contributed by atoms with Crippen LogP contribution in [0.5, 0.6) is 0 Å². The van der Waals surface area contributed by atoms with Crippen LogP contribution in [-0.2, 0) is 6.42 Å². The summed E-state index contributed by atoms with van der Waals surface area (Å²) in [5.41, 5.74) is 4.38. The van der Waals surface area contributed by atoms with E-state index in [1.54, 1.807) is 6.08 Å². The van der Waals surface area contributed by atoms with Crippen LogP contribution in [0.15, 0.2) is 70.2 Å². The first kappa shape index (κ1) is 22.9. The zero-order chi connectivity index (χ0) is 19.2. The van der Waals surface area contributed by atoms with Gasteiger partial charge in [0.25, 0.3) is 0 Å². The van der Waals surface area contributed by atoms with Gasteiger partial charge >= 0.3 is 0 Å². The summed E-state index contributed by atoms with van der Waals surface area (Å²) in [5.74, 6) is 0. The smallest absolute Gasteiger partial charge is 0.0991 e. The molecule has 0 saturated heterocycles. The monoisotopic (exact) mass is 457 g/mol. The average Bonchev–Trinajstić information content (AvgIpc) is 2.63. The van der Waals surface area contributed by atoms with Crippen LogP contribution in [0, 0.1) is 31.1 Å². The van der Waals surface area contributed by atoms with Crippen molar-refractivity contribution in [2.24, 2.45) is 0 Å². The lowest BCUT2D eigenvalue weighted by molar-refractivity contribution is 1.16. The Kier molecular flexibility index (Phi) is 12.1. The van der Waals surface area contributed by atoms with Crippen molar-refractivity contribution in [2.45, 2.75) is 20.3 Å². The topological polar surface area (TPSA) is 23.8 Å². The van der Waals surface area contributed by atoms with E-state index in [1.807, 2.05) is 43.3 Å². The van der Waals surface area contributed by atoms with Gasteiger partial charge in [0.05, 0.1) is 11.6 Å². The highest BCUT2D eigenvalue weighted by Gasteiger charge is 2.05. The predicted octanol–water partition coefficient (Wildman–Crippen LogP) is 6.98. The summed E-state index contributed by atoms with van der Waals surface area (Å²) in [6.07, 6.45) is 14.4. The molecule has 0 unspecified atom stereocenters. The van der Waals surface area contributed by atoms with Crippen molar-refractivity contribution in [1.82, 2.24) is 0 Å². The standard InChI is InChI=1S/C15H11Br2N.C5H8.C2H2/c1-10-6-13(15(17)8-14(10)16)7-11-2-4-12(9-18)5-3-11;1-3-5-4-2;1-2/h2-6,8H,7H2,1H3;3-5H,1H2,2H3;1-2H/b;5-4-;. The number of halogens is 2. The molecule has 3 heteroatoms. The highest BCUT2D eigenvalue weighted by Crippen LogP contribution is 2.27. The van der Waals surface area contributed by atoms with Crippen LogP contribution in [0.3, 0.4) is 0 Å². The molecule has 1 nitrogen and oxygen atoms in total. The minimum atomic E-state index is 0.699. The van der Waals surface area contributed by atoms with Gasteiger partial charge in [0.2, 0.25) is 0 Å². The Morgan fingerprint density at radius 3 is 2.16 bits per heavy atom. The molecular weight excluding hydrogens is 438 g/mol. The fourth-order valence-electron chi connectivity index (χ4n) is 1.91. The Bertz CT molecular complexity index is 763. The van der Waals surface area contributed by atoms with E-state index < -0.39 is 0 Å². The molecule has 0 amide bonds. The zero-order valence-corrected chi connectivity index (χ0v) is 17.6. The van der Waals surface area contributed by atoms with Gasteiger partial charge in [-0.25, -0.2) is 0 Å². The van der Waals surface area contributed by atoms with Crippen LogP contribution < -0.4 is 0 Å². The lowest BCUT2D eigenvalue weighted by Crippen LogP contribution is -1.92. The van der Waals surface area contributed by atoms with E-state index >= 15 is 0 Å². The molecule has 0 fully saturated rings. The number of terminal acetylenes is 1. The van der Waals surface area contributed by atoms with Crippen molar-refractivity contribution in [3.63, 3.8) is 0 Å². The molecule has 0 spiro atoms. The van der Waals surface area contributed by atoms with E-state index in [-0.39, 0.29) is 0 Å². The summed E-state index contributed by atoms with van der Waals surface area (Å²) in [4.78, 5) is 0. The van der Waals surface area contributed by atoms with Gasteiger partial charge < -0.3 is 0 Å². The zero-order valence-electron chi connectivity index (χ0n) is 14.5. The number of nitriles is 1. The molecule has 0 bridgehead atoms. The van der Waals surface area contributed by atoms with E-state index in [2.05, 4.69) is 76.4 Å². The number of hydrogen-bond acceptors (Lipinski definition) is 1. The normalized spacial score (nSPS) is 9.16. The Labute approximate surface area is 168 Å². The third-order valence-corrected chi connectivity index (χ3v) is 4.73. The van der Waals surface area contributed by atoms with E-state index in [9.17, 15) is 0 Å². The van der Waals surface area contributed by atoms with E-state index in [0.29, 0.717) is 5.56 Å². The van der Waals surface area contributed by atoms with Crippen LogP contribution in [-0.4, -0.2) is 0 Å². The minimum Gasteiger partial charge on any atom is -0.192 e. The number of hydrogen-bond donors (Lipinski definition) is 0. The van der Waals surface area contributed by atoms with E-state index in [4.69, 9.17) is 5.26 Å². The van der Waals surface area contributed by atoms with Gasteiger partial charge in [-0.15, -0.1) is 12.8 Å². The van der Waals surface area contributed by atoms with Crippen LogP contribution in [0.2, 0.25) is 0 Å². The average molecular weight is 459 g/mol.